The summed E-state index contributed by atoms with van der Waals surface area (Å²) < 4.78 is 1.06. The van der Waals surface area contributed by atoms with Gasteiger partial charge in [-0.1, -0.05) is 12.1 Å². The number of halogens is 1. The van der Waals surface area contributed by atoms with Gasteiger partial charge in [-0.25, -0.2) is 0 Å². The lowest BCUT2D eigenvalue weighted by Crippen LogP contribution is -2.30. The van der Waals surface area contributed by atoms with Crippen molar-refractivity contribution < 1.29 is 4.79 Å². The van der Waals surface area contributed by atoms with Crippen LogP contribution in [0.5, 0.6) is 0 Å². The quantitative estimate of drug-likeness (QED) is 0.675. The van der Waals surface area contributed by atoms with E-state index in [0.717, 1.165) is 3.57 Å². The van der Waals surface area contributed by atoms with Crippen molar-refractivity contribution in [3.63, 3.8) is 0 Å². The van der Waals surface area contributed by atoms with Crippen molar-refractivity contribution in [2.24, 2.45) is 0 Å². The number of amides is 1. The summed E-state index contributed by atoms with van der Waals surface area (Å²) in [5, 5.41) is 2.81. The molecular formula is C11H12INO. The van der Waals surface area contributed by atoms with Crippen molar-refractivity contribution in [2.75, 3.05) is 0 Å². The molecule has 2 nitrogen and oxygen atoms in total. The third kappa shape index (κ3) is 3.14. The molecular weight excluding hydrogens is 289 g/mol. The zero-order valence-corrected chi connectivity index (χ0v) is 10.1. The molecule has 0 fully saturated rings. The monoisotopic (exact) mass is 301 g/mol. The van der Waals surface area contributed by atoms with Crippen LogP contribution in [0, 0.1) is 3.57 Å². The van der Waals surface area contributed by atoms with E-state index in [9.17, 15) is 4.79 Å². The Kier molecular flexibility index (Phi) is 4.13. The summed E-state index contributed by atoms with van der Waals surface area (Å²) in [6, 6.07) is 7.48. The van der Waals surface area contributed by atoms with Crippen LogP contribution in [0.2, 0.25) is 0 Å². The van der Waals surface area contributed by atoms with Crippen molar-refractivity contribution in [3.05, 3.63) is 46.1 Å². The molecule has 74 valence electrons. The first-order valence-corrected chi connectivity index (χ1v) is 5.40. The van der Waals surface area contributed by atoms with E-state index in [2.05, 4.69) is 34.5 Å². The highest BCUT2D eigenvalue weighted by atomic mass is 127. The van der Waals surface area contributed by atoms with Gasteiger partial charge in [-0.05, 0) is 47.7 Å². The van der Waals surface area contributed by atoms with Crippen LogP contribution in [-0.4, -0.2) is 11.9 Å². The summed E-state index contributed by atoms with van der Waals surface area (Å²) in [6.45, 7) is 5.50. The Morgan fingerprint density at radius 1 is 1.64 bits per heavy atom. The van der Waals surface area contributed by atoms with Gasteiger partial charge in [0.2, 0.25) is 0 Å². The SMILES string of the molecule is C=CC(C)NC(=O)c1cccc(I)c1. The van der Waals surface area contributed by atoms with E-state index in [1.807, 2.05) is 25.1 Å². The van der Waals surface area contributed by atoms with Gasteiger partial charge in [-0.2, -0.15) is 0 Å². The maximum absolute atomic E-state index is 11.6. The molecule has 0 saturated heterocycles. The van der Waals surface area contributed by atoms with Crippen LogP contribution in [0.3, 0.4) is 0 Å². The molecule has 14 heavy (non-hydrogen) atoms. The van der Waals surface area contributed by atoms with E-state index < -0.39 is 0 Å². The molecule has 0 aliphatic carbocycles. The topological polar surface area (TPSA) is 29.1 Å². The fourth-order valence-corrected chi connectivity index (χ4v) is 1.52. The first-order chi connectivity index (χ1) is 6.63. The molecule has 1 aromatic carbocycles. The fourth-order valence-electron chi connectivity index (χ4n) is 0.979. The molecule has 1 amide bonds. The summed E-state index contributed by atoms with van der Waals surface area (Å²) in [5.41, 5.74) is 0.686. The second kappa shape index (κ2) is 5.14. The maximum atomic E-state index is 11.6. The third-order valence-corrected chi connectivity index (χ3v) is 2.47. The van der Waals surface area contributed by atoms with Gasteiger partial charge in [0.1, 0.15) is 0 Å². The zero-order chi connectivity index (χ0) is 10.6. The summed E-state index contributed by atoms with van der Waals surface area (Å²) in [4.78, 5) is 11.6. The van der Waals surface area contributed by atoms with E-state index in [0.29, 0.717) is 5.56 Å². The molecule has 0 heterocycles. The highest BCUT2D eigenvalue weighted by Gasteiger charge is 2.06. The summed E-state index contributed by atoms with van der Waals surface area (Å²) in [5.74, 6) is -0.0593. The molecule has 0 saturated carbocycles. The second-order valence-corrected chi connectivity index (χ2v) is 4.25. The lowest BCUT2D eigenvalue weighted by atomic mass is 10.2. The van der Waals surface area contributed by atoms with Crippen LogP contribution in [0.15, 0.2) is 36.9 Å². The van der Waals surface area contributed by atoms with Gasteiger partial charge in [-0.15, -0.1) is 6.58 Å². The van der Waals surface area contributed by atoms with E-state index in [1.165, 1.54) is 0 Å². The predicted octanol–water partition coefficient (Wildman–Crippen LogP) is 2.60. The summed E-state index contributed by atoms with van der Waals surface area (Å²) in [7, 11) is 0. The van der Waals surface area contributed by atoms with Gasteiger partial charge in [0, 0.05) is 15.2 Å². The van der Waals surface area contributed by atoms with Crippen molar-refractivity contribution in [1.82, 2.24) is 5.32 Å². The first kappa shape index (κ1) is 11.2. The van der Waals surface area contributed by atoms with E-state index in [4.69, 9.17) is 0 Å². The van der Waals surface area contributed by atoms with Gasteiger partial charge in [0.15, 0.2) is 0 Å². The van der Waals surface area contributed by atoms with Gasteiger partial charge in [0.05, 0.1) is 0 Å². The Morgan fingerprint density at radius 3 is 2.93 bits per heavy atom. The van der Waals surface area contributed by atoms with Gasteiger partial charge in [-0.3, -0.25) is 4.79 Å². The Hall–Kier alpha value is -0.840. The predicted molar refractivity (Wildman–Crippen MR) is 66.3 cm³/mol. The lowest BCUT2D eigenvalue weighted by Gasteiger charge is -2.08. The van der Waals surface area contributed by atoms with E-state index in [-0.39, 0.29) is 11.9 Å². The molecule has 1 rings (SSSR count). The summed E-state index contributed by atoms with van der Waals surface area (Å²) in [6.07, 6.45) is 1.70. The molecule has 0 aliphatic rings. The van der Waals surface area contributed by atoms with Crippen molar-refractivity contribution in [3.8, 4) is 0 Å². The number of hydrogen-bond donors (Lipinski definition) is 1. The van der Waals surface area contributed by atoms with Crippen LogP contribution < -0.4 is 5.32 Å². The minimum atomic E-state index is -0.0593. The van der Waals surface area contributed by atoms with Crippen LogP contribution in [0.25, 0.3) is 0 Å². The Balaban J connectivity index is 2.74. The average molecular weight is 301 g/mol. The molecule has 0 radical (unpaired) electrons. The maximum Gasteiger partial charge on any atom is 0.251 e. The lowest BCUT2D eigenvalue weighted by molar-refractivity contribution is 0.0947. The molecule has 1 aromatic rings. The van der Waals surface area contributed by atoms with Crippen molar-refractivity contribution >= 4 is 28.5 Å². The molecule has 0 bridgehead atoms. The normalized spacial score (nSPS) is 11.9. The molecule has 0 aliphatic heterocycles. The highest BCUT2D eigenvalue weighted by molar-refractivity contribution is 14.1. The Morgan fingerprint density at radius 2 is 2.36 bits per heavy atom. The highest BCUT2D eigenvalue weighted by Crippen LogP contribution is 2.07. The standard InChI is InChI=1S/C11H12INO/c1-3-8(2)13-11(14)9-5-4-6-10(12)7-9/h3-8H,1H2,2H3,(H,13,14). The molecule has 1 atom stereocenters. The Labute approximate surface area is 97.5 Å². The van der Waals surface area contributed by atoms with Crippen LogP contribution in [0.1, 0.15) is 17.3 Å². The number of nitrogens with one attached hydrogen (secondary N) is 1. The Bertz CT molecular complexity index is 349. The largest absolute Gasteiger partial charge is 0.346 e. The number of rotatable bonds is 3. The zero-order valence-electron chi connectivity index (χ0n) is 7.96. The number of carbonyl (C=O) groups excluding carboxylic acids is 1. The molecule has 1 unspecified atom stereocenters. The summed E-state index contributed by atoms with van der Waals surface area (Å²) >= 11 is 2.18. The van der Waals surface area contributed by atoms with Crippen LogP contribution in [-0.2, 0) is 0 Å². The molecule has 3 heteroatoms. The van der Waals surface area contributed by atoms with Crippen molar-refractivity contribution in [1.29, 1.82) is 0 Å². The molecule has 1 N–H and O–H groups in total. The van der Waals surface area contributed by atoms with E-state index >= 15 is 0 Å². The van der Waals surface area contributed by atoms with Crippen LogP contribution >= 0.6 is 22.6 Å². The van der Waals surface area contributed by atoms with Crippen molar-refractivity contribution in [2.45, 2.75) is 13.0 Å². The molecule has 0 spiro atoms. The van der Waals surface area contributed by atoms with E-state index in [1.54, 1.807) is 12.1 Å². The second-order valence-electron chi connectivity index (χ2n) is 3.01. The molecule has 0 aromatic heterocycles. The minimum Gasteiger partial charge on any atom is -0.346 e. The number of carbonyl (C=O) groups is 1. The number of benzene rings is 1. The first-order valence-electron chi connectivity index (χ1n) is 4.32. The van der Waals surface area contributed by atoms with Gasteiger partial charge >= 0.3 is 0 Å². The van der Waals surface area contributed by atoms with Crippen LogP contribution in [0.4, 0.5) is 0 Å². The fraction of sp³-hybridized carbons (Fsp3) is 0.182. The minimum absolute atomic E-state index is 0.000340. The third-order valence-electron chi connectivity index (χ3n) is 1.80. The van der Waals surface area contributed by atoms with Gasteiger partial charge < -0.3 is 5.32 Å². The van der Waals surface area contributed by atoms with Gasteiger partial charge in [0.25, 0.3) is 5.91 Å². The number of hydrogen-bond acceptors (Lipinski definition) is 1. The average Bonchev–Trinajstić information content (AvgIpc) is 2.17. The smallest absolute Gasteiger partial charge is 0.251 e.